The minimum absolute atomic E-state index is 0.0931. The number of rotatable bonds is 6. The number of benzene rings is 2. The maximum Gasteiger partial charge on any atom is 0.267 e. The third-order valence-electron chi connectivity index (χ3n) is 4.65. The lowest BCUT2D eigenvalue weighted by Crippen LogP contribution is -2.49. The number of nitrogens with one attached hydrogen (secondary N) is 1. The molecular formula is C20H20ClFN2O4S. The van der Waals surface area contributed by atoms with E-state index in [0.29, 0.717) is 16.3 Å². The number of hydrogen-bond donors (Lipinski definition) is 1. The van der Waals surface area contributed by atoms with Gasteiger partial charge in [0, 0.05) is 17.0 Å². The van der Waals surface area contributed by atoms with Gasteiger partial charge in [-0.2, -0.15) is 0 Å². The second kappa shape index (κ2) is 8.51. The fourth-order valence-electron chi connectivity index (χ4n) is 3.12. The van der Waals surface area contributed by atoms with Gasteiger partial charge in [-0.15, -0.1) is 0 Å². The summed E-state index contributed by atoms with van der Waals surface area (Å²) in [5.41, 5.74) is 0.583. The lowest BCUT2D eigenvalue weighted by atomic mass is 10.0. The molecule has 1 unspecified atom stereocenters. The number of nitrogens with zero attached hydrogens (tertiary/aromatic N) is 1. The van der Waals surface area contributed by atoms with Crippen molar-refractivity contribution in [3.63, 3.8) is 0 Å². The normalized spacial score (nSPS) is 17.7. The maximum atomic E-state index is 13.2. The molecule has 1 aliphatic rings. The molecule has 1 atom stereocenters. The first-order valence-corrected chi connectivity index (χ1v) is 11.0. The van der Waals surface area contributed by atoms with Gasteiger partial charge >= 0.3 is 0 Å². The average Bonchev–Trinajstić information content (AvgIpc) is 2.68. The molecule has 9 heteroatoms. The zero-order valence-electron chi connectivity index (χ0n) is 15.7. The lowest BCUT2D eigenvalue weighted by Gasteiger charge is -2.34. The van der Waals surface area contributed by atoms with Crippen LogP contribution in [0.4, 0.5) is 4.39 Å². The first-order chi connectivity index (χ1) is 13.7. The zero-order chi connectivity index (χ0) is 21.2. The van der Waals surface area contributed by atoms with Gasteiger partial charge in [-0.05, 0) is 42.3 Å². The van der Waals surface area contributed by atoms with Gasteiger partial charge in [-0.25, -0.2) is 17.1 Å². The lowest BCUT2D eigenvalue weighted by molar-refractivity contribution is -0.133. The largest absolute Gasteiger partial charge is 0.340 e. The third kappa shape index (κ3) is 4.43. The minimum atomic E-state index is -4.16. The first-order valence-electron chi connectivity index (χ1n) is 9.14. The van der Waals surface area contributed by atoms with Crippen LogP contribution in [0.15, 0.2) is 47.4 Å². The van der Waals surface area contributed by atoms with E-state index in [2.05, 4.69) is 5.32 Å². The van der Waals surface area contributed by atoms with Gasteiger partial charge in [0.25, 0.3) is 15.9 Å². The summed E-state index contributed by atoms with van der Waals surface area (Å²) < 4.78 is 40.0. The Balaban J connectivity index is 2.02. The van der Waals surface area contributed by atoms with Crippen LogP contribution in [0.2, 0.25) is 5.02 Å². The summed E-state index contributed by atoms with van der Waals surface area (Å²) >= 11 is 6.02. The van der Waals surface area contributed by atoms with Crippen molar-refractivity contribution in [3.8, 4) is 0 Å². The topological polar surface area (TPSA) is 83.6 Å². The summed E-state index contributed by atoms with van der Waals surface area (Å²) in [6.45, 7) is 1.66. The molecule has 0 radical (unpaired) electrons. The molecule has 1 N–H and O–H groups in total. The van der Waals surface area contributed by atoms with Crippen molar-refractivity contribution in [2.45, 2.75) is 43.7 Å². The van der Waals surface area contributed by atoms with Crippen LogP contribution in [-0.4, -0.2) is 24.5 Å². The number of fused-ring (bicyclic) bond motifs is 1. The number of hydrogen-bond acceptors (Lipinski definition) is 4. The molecule has 0 aromatic heterocycles. The number of unbranched alkanes of at least 4 members (excludes halogenated alkanes) is 1. The molecule has 0 fully saturated rings. The molecule has 2 aromatic rings. The number of carbonyl (C=O) groups is 2. The summed E-state index contributed by atoms with van der Waals surface area (Å²) in [6.07, 6.45) is 1.67. The van der Waals surface area contributed by atoms with E-state index >= 15 is 0 Å². The van der Waals surface area contributed by atoms with Crippen molar-refractivity contribution in [3.05, 3.63) is 64.4 Å². The fraction of sp³-hybridized carbons (Fsp3) is 0.300. The predicted octanol–water partition coefficient (Wildman–Crippen LogP) is 3.56. The van der Waals surface area contributed by atoms with E-state index in [4.69, 9.17) is 11.6 Å². The molecule has 1 heterocycles. The summed E-state index contributed by atoms with van der Waals surface area (Å²) in [4.78, 5) is 25.3. The Morgan fingerprint density at radius 1 is 1.21 bits per heavy atom. The second-order valence-electron chi connectivity index (χ2n) is 6.76. The van der Waals surface area contributed by atoms with E-state index in [0.717, 1.165) is 6.42 Å². The van der Waals surface area contributed by atoms with Crippen molar-refractivity contribution in [2.75, 3.05) is 0 Å². The molecule has 1 aliphatic heterocycles. The van der Waals surface area contributed by atoms with Crippen LogP contribution >= 0.6 is 11.6 Å². The third-order valence-corrected chi connectivity index (χ3v) is 6.70. The van der Waals surface area contributed by atoms with Gasteiger partial charge < -0.3 is 5.32 Å². The monoisotopic (exact) mass is 438 g/mol. The highest BCUT2D eigenvalue weighted by Crippen LogP contribution is 2.36. The Bertz CT molecular complexity index is 1040. The van der Waals surface area contributed by atoms with Crippen LogP contribution < -0.4 is 5.32 Å². The summed E-state index contributed by atoms with van der Waals surface area (Å²) in [6, 6.07) is 8.14. The van der Waals surface area contributed by atoms with E-state index in [1.807, 2.05) is 6.92 Å². The quantitative estimate of drug-likeness (QED) is 0.747. The molecule has 0 saturated carbocycles. The van der Waals surface area contributed by atoms with E-state index in [9.17, 15) is 22.4 Å². The highest BCUT2D eigenvalue weighted by atomic mass is 35.5. The number of sulfonamides is 1. The Morgan fingerprint density at radius 3 is 2.55 bits per heavy atom. The highest BCUT2D eigenvalue weighted by molar-refractivity contribution is 7.89. The summed E-state index contributed by atoms with van der Waals surface area (Å²) in [5.74, 6) is -1.60. The Labute approximate surface area is 173 Å². The van der Waals surface area contributed by atoms with Crippen molar-refractivity contribution < 1.29 is 22.4 Å². The van der Waals surface area contributed by atoms with Gasteiger partial charge in [0.05, 0.1) is 11.4 Å². The molecule has 2 amide bonds. The van der Waals surface area contributed by atoms with Gasteiger partial charge in [-0.1, -0.05) is 37.1 Å². The van der Waals surface area contributed by atoms with Crippen molar-refractivity contribution >= 4 is 33.4 Å². The van der Waals surface area contributed by atoms with Crippen LogP contribution in [-0.2, 0) is 26.2 Å². The average molecular weight is 439 g/mol. The van der Waals surface area contributed by atoms with E-state index in [1.165, 1.54) is 42.5 Å². The minimum Gasteiger partial charge on any atom is -0.340 e. The van der Waals surface area contributed by atoms with Crippen LogP contribution in [0, 0.1) is 5.82 Å². The van der Waals surface area contributed by atoms with E-state index in [-0.39, 0.29) is 34.4 Å². The Morgan fingerprint density at radius 2 is 1.90 bits per heavy atom. The van der Waals surface area contributed by atoms with E-state index in [1.54, 1.807) is 0 Å². The molecule has 29 heavy (non-hydrogen) atoms. The van der Waals surface area contributed by atoms with E-state index < -0.39 is 27.8 Å². The molecule has 3 rings (SSSR count). The maximum absolute atomic E-state index is 13.2. The molecule has 0 spiro atoms. The smallest absolute Gasteiger partial charge is 0.267 e. The molecule has 2 aromatic carbocycles. The molecule has 154 valence electrons. The number of amides is 2. The SMILES string of the molecule is CCCCC(=O)NC1C(=O)N(Cc2ccc(F)cc2)S(=O)(=O)c2ccc(Cl)cc21. The molecular weight excluding hydrogens is 419 g/mol. The highest BCUT2D eigenvalue weighted by Gasteiger charge is 2.43. The second-order valence-corrected chi connectivity index (χ2v) is 9.03. The van der Waals surface area contributed by atoms with Gasteiger partial charge in [0.15, 0.2) is 0 Å². The van der Waals surface area contributed by atoms with Gasteiger partial charge in [0.2, 0.25) is 5.91 Å². The van der Waals surface area contributed by atoms with Crippen LogP contribution in [0.5, 0.6) is 0 Å². The standard InChI is InChI=1S/C20H20ClFN2O4S/c1-2-3-4-18(25)23-19-16-11-14(21)7-10-17(16)29(27,28)24(20(19)26)12-13-5-8-15(22)9-6-13/h5-11,19H,2-4,12H2,1H3,(H,23,25). The van der Waals surface area contributed by atoms with Crippen LogP contribution in [0.3, 0.4) is 0 Å². The van der Waals surface area contributed by atoms with Gasteiger partial charge in [0.1, 0.15) is 11.9 Å². The van der Waals surface area contributed by atoms with Crippen molar-refractivity contribution in [1.29, 1.82) is 0 Å². The van der Waals surface area contributed by atoms with Crippen LogP contribution in [0.1, 0.15) is 43.4 Å². The predicted molar refractivity (Wildman–Crippen MR) is 106 cm³/mol. The molecule has 0 aliphatic carbocycles. The fourth-order valence-corrected chi connectivity index (χ4v) is 4.92. The first kappa shape index (κ1) is 21.3. The summed E-state index contributed by atoms with van der Waals surface area (Å²) in [7, 11) is -4.16. The molecule has 0 saturated heterocycles. The Kier molecular flexibility index (Phi) is 6.24. The van der Waals surface area contributed by atoms with Crippen LogP contribution in [0.25, 0.3) is 0 Å². The molecule has 6 nitrogen and oxygen atoms in total. The number of halogens is 2. The van der Waals surface area contributed by atoms with Crippen molar-refractivity contribution in [2.24, 2.45) is 0 Å². The Hall–Kier alpha value is -2.45. The van der Waals surface area contributed by atoms with Gasteiger partial charge in [-0.3, -0.25) is 9.59 Å². The molecule has 0 bridgehead atoms. The summed E-state index contributed by atoms with van der Waals surface area (Å²) in [5, 5.41) is 2.89. The number of carbonyl (C=O) groups excluding carboxylic acids is 2. The van der Waals surface area contributed by atoms with Crippen molar-refractivity contribution in [1.82, 2.24) is 9.62 Å². The zero-order valence-corrected chi connectivity index (χ0v) is 17.3.